The molecule has 1 aliphatic heterocycles. The zero-order valence-corrected chi connectivity index (χ0v) is 17.3. The molecule has 8 nitrogen and oxygen atoms in total. The van der Waals surface area contributed by atoms with Crippen LogP contribution in [0.3, 0.4) is 0 Å². The van der Waals surface area contributed by atoms with E-state index in [1.165, 1.54) is 18.2 Å². The molecule has 1 aromatic heterocycles. The van der Waals surface area contributed by atoms with Crippen LogP contribution in [0.2, 0.25) is 0 Å². The summed E-state index contributed by atoms with van der Waals surface area (Å²) in [5.74, 6) is -1.42. The molecule has 2 heterocycles. The van der Waals surface area contributed by atoms with Crippen LogP contribution in [0.4, 0.5) is 0 Å². The summed E-state index contributed by atoms with van der Waals surface area (Å²) in [6.07, 6.45) is -1.95. The molecule has 0 unspecified atom stereocenters. The first-order valence-electron chi connectivity index (χ1n) is 9.99. The van der Waals surface area contributed by atoms with E-state index in [2.05, 4.69) is 0 Å². The maximum Gasteiger partial charge on any atom is 0.239 e. The van der Waals surface area contributed by atoms with Crippen LogP contribution >= 0.6 is 0 Å². The molecular weight excluding hydrogens is 404 g/mol. The van der Waals surface area contributed by atoms with Gasteiger partial charge in [0, 0.05) is 29.5 Å². The molecule has 0 saturated carbocycles. The fourth-order valence-corrected chi connectivity index (χ4v) is 3.81. The lowest BCUT2D eigenvalue weighted by Crippen LogP contribution is -2.50. The Bertz CT molecular complexity index is 1170. The van der Waals surface area contributed by atoms with Gasteiger partial charge in [0.15, 0.2) is 5.76 Å². The van der Waals surface area contributed by atoms with Crippen molar-refractivity contribution >= 4 is 11.0 Å². The first-order valence-corrected chi connectivity index (χ1v) is 9.99. The van der Waals surface area contributed by atoms with Crippen LogP contribution in [0, 0.1) is 11.8 Å². The van der Waals surface area contributed by atoms with Crippen LogP contribution in [0.25, 0.3) is 22.3 Å². The molecule has 8 heteroatoms. The Morgan fingerprint density at radius 2 is 1.61 bits per heavy atom. The molecule has 1 fully saturated rings. The second-order valence-corrected chi connectivity index (χ2v) is 8.01. The summed E-state index contributed by atoms with van der Waals surface area (Å²) in [6.45, 7) is 5.45. The molecule has 31 heavy (non-hydrogen) atoms. The number of hydrogen-bond acceptors (Lipinski definition) is 8. The number of benzene rings is 2. The fourth-order valence-electron chi connectivity index (χ4n) is 3.81. The van der Waals surface area contributed by atoms with Crippen molar-refractivity contribution in [3.05, 3.63) is 46.6 Å². The van der Waals surface area contributed by atoms with Crippen LogP contribution in [0.15, 0.2) is 45.6 Å². The summed E-state index contributed by atoms with van der Waals surface area (Å²) in [7, 11) is 0. The summed E-state index contributed by atoms with van der Waals surface area (Å²) >= 11 is 0. The summed E-state index contributed by atoms with van der Waals surface area (Å²) in [4.78, 5) is 13.3. The third-order valence-electron chi connectivity index (χ3n) is 5.88. The molecule has 1 aliphatic rings. The number of aliphatic hydroxyl groups excluding tert-OH is 1. The molecule has 0 aliphatic carbocycles. The van der Waals surface area contributed by atoms with E-state index in [0.29, 0.717) is 5.56 Å². The van der Waals surface area contributed by atoms with Gasteiger partial charge in [-0.15, -0.1) is 0 Å². The molecule has 0 spiro atoms. The number of phenols is 3. The standard InChI is InChI=1S/C23H24O8/c1-10-12(3)29-23(11(2)19(10)27)31-22-20(28)18-16(26)8-15(25)9-17(18)30-21(22)13-4-6-14(24)7-5-13/h4-12,19,23-27H,1-3H3/t10-,11+,12-,19+,23-/m0/s1. The molecule has 4 rings (SSSR count). The van der Waals surface area contributed by atoms with Crippen molar-refractivity contribution in [2.75, 3.05) is 0 Å². The molecule has 164 valence electrons. The number of fused-ring (bicyclic) bond motifs is 1. The summed E-state index contributed by atoms with van der Waals surface area (Å²) < 4.78 is 17.7. The highest BCUT2D eigenvalue weighted by atomic mass is 16.7. The van der Waals surface area contributed by atoms with E-state index in [1.807, 2.05) is 13.8 Å². The Kier molecular flexibility index (Phi) is 5.28. The van der Waals surface area contributed by atoms with Crippen molar-refractivity contribution in [1.29, 1.82) is 0 Å². The highest BCUT2D eigenvalue weighted by molar-refractivity contribution is 5.88. The van der Waals surface area contributed by atoms with Gasteiger partial charge in [0.2, 0.25) is 17.5 Å². The summed E-state index contributed by atoms with van der Waals surface area (Å²) in [5, 5.41) is 40.1. The lowest BCUT2D eigenvalue weighted by atomic mass is 9.86. The molecule has 1 saturated heterocycles. The minimum atomic E-state index is -0.934. The third kappa shape index (κ3) is 3.68. The van der Waals surface area contributed by atoms with Gasteiger partial charge in [-0.05, 0) is 31.2 Å². The van der Waals surface area contributed by atoms with E-state index in [1.54, 1.807) is 19.1 Å². The van der Waals surface area contributed by atoms with Crippen molar-refractivity contribution in [3.8, 4) is 34.3 Å². The zero-order valence-electron chi connectivity index (χ0n) is 17.3. The van der Waals surface area contributed by atoms with E-state index in [-0.39, 0.29) is 46.0 Å². The number of hydrogen-bond donors (Lipinski definition) is 4. The van der Waals surface area contributed by atoms with Crippen molar-refractivity contribution < 1.29 is 34.3 Å². The normalized spacial score (nSPS) is 26.1. The minimum Gasteiger partial charge on any atom is -0.508 e. The van der Waals surface area contributed by atoms with E-state index >= 15 is 0 Å². The number of aliphatic hydroxyl groups is 1. The topological polar surface area (TPSA) is 130 Å². The first kappa shape index (κ1) is 21.0. The van der Waals surface area contributed by atoms with Crippen LogP contribution < -0.4 is 10.2 Å². The van der Waals surface area contributed by atoms with Gasteiger partial charge < -0.3 is 34.3 Å². The van der Waals surface area contributed by atoms with Crippen LogP contribution in [-0.2, 0) is 4.74 Å². The van der Waals surface area contributed by atoms with E-state index < -0.39 is 29.5 Å². The second kappa shape index (κ2) is 7.79. The van der Waals surface area contributed by atoms with E-state index in [4.69, 9.17) is 13.9 Å². The maximum absolute atomic E-state index is 13.3. The van der Waals surface area contributed by atoms with Gasteiger partial charge in [-0.25, -0.2) is 0 Å². The number of rotatable bonds is 3. The fraction of sp³-hybridized carbons (Fsp3) is 0.348. The van der Waals surface area contributed by atoms with E-state index in [0.717, 1.165) is 6.07 Å². The average Bonchev–Trinajstić information content (AvgIpc) is 2.72. The summed E-state index contributed by atoms with van der Waals surface area (Å²) in [5.41, 5.74) is -0.254. The van der Waals surface area contributed by atoms with Crippen LogP contribution in [0.1, 0.15) is 20.8 Å². The molecule has 0 amide bonds. The highest BCUT2D eigenvalue weighted by Gasteiger charge is 2.41. The van der Waals surface area contributed by atoms with Crippen molar-refractivity contribution in [3.63, 3.8) is 0 Å². The Morgan fingerprint density at radius 3 is 2.29 bits per heavy atom. The minimum absolute atomic E-state index is 0.0276. The van der Waals surface area contributed by atoms with E-state index in [9.17, 15) is 25.2 Å². The first-order chi connectivity index (χ1) is 14.7. The van der Waals surface area contributed by atoms with Gasteiger partial charge in [0.1, 0.15) is 28.2 Å². The van der Waals surface area contributed by atoms with Gasteiger partial charge >= 0.3 is 0 Å². The highest BCUT2D eigenvalue weighted by Crippen LogP contribution is 2.38. The number of phenolic OH excluding ortho intramolecular Hbond substituents is 3. The predicted molar refractivity (Wildman–Crippen MR) is 112 cm³/mol. The van der Waals surface area contributed by atoms with Gasteiger partial charge in [-0.2, -0.15) is 0 Å². The monoisotopic (exact) mass is 428 g/mol. The largest absolute Gasteiger partial charge is 0.508 e. The molecule has 5 atom stereocenters. The van der Waals surface area contributed by atoms with Crippen LogP contribution in [0.5, 0.6) is 23.0 Å². The van der Waals surface area contributed by atoms with Gasteiger partial charge in [-0.1, -0.05) is 13.8 Å². The lowest BCUT2D eigenvalue weighted by Gasteiger charge is -2.40. The Labute approximate surface area is 177 Å². The second-order valence-electron chi connectivity index (χ2n) is 8.01. The molecule has 4 N–H and O–H groups in total. The predicted octanol–water partition coefficient (Wildman–Crippen LogP) is 3.33. The smallest absolute Gasteiger partial charge is 0.239 e. The third-order valence-corrected chi connectivity index (χ3v) is 5.88. The Balaban J connectivity index is 1.90. The van der Waals surface area contributed by atoms with Crippen LogP contribution in [-0.4, -0.2) is 38.9 Å². The van der Waals surface area contributed by atoms with Gasteiger partial charge in [-0.3, -0.25) is 4.79 Å². The molecule has 2 aromatic carbocycles. The summed E-state index contributed by atoms with van der Waals surface area (Å²) in [6, 6.07) is 8.19. The zero-order chi connectivity index (χ0) is 22.4. The molecule has 0 bridgehead atoms. The Hall–Kier alpha value is -3.23. The SMILES string of the molecule is C[C@@H]1[C@@H](O)[C@@H](C)[C@H](Oc2c(-c3ccc(O)cc3)oc3cc(O)cc(O)c3c2=O)O[C@H]1C. The maximum atomic E-state index is 13.3. The van der Waals surface area contributed by atoms with Gasteiger partial charge in [0.25, 0.3) is 0 Å². The number of ether oxygens (including phenoxy) is 2. The quantitative estimate of drug-likeness (QED) is 0.500. The van der Waals surface area contributed by atoms with Crippen molar-refractivity contribution in [2.45, 2.75) is 39.3 Å². The number of aromatic hydroxyl groups is 3. The molecule has 3 aromatic rings. The van der Waals surface area contributed by atoms with Crippen molar-refractivity contribution in [1.82, 2.24) is 0 Å². The molecule has 0 radical (unpaired) electrons. The van der Waals surface area contributed by atoms with Gasteiger partial charge in [0.05, 0.1) is 12.2 Å². The molecular formula is C23H24O8. The lowest BCUT2D eigenvalue weighted by molar-refractivity contribution is -0.225. The Morgan fingerprint density at radius 1 is 0.935 bits per heavy atom. The van der Waals surface area contributed by atoms with Crippen molar-refractivity contribution in [2.24, 2.45) is 11.8 Å². The average molecular weight is 428 g/mol.